The Labute approximate surface area is 197 Å². The second-order valence-corrected chi connectivity index (χ2v) is 10.9. The number of benzene rings is 1. The average Bonchev–Trinajstić information content (AvgIpc) is 3.47. The molecule has 34 heavy (non-hydrogen) atoms. The Morgan fingerprint density at radius 2 is 1.79 bits per heavy atom. The van der Waals surface area contributed by atoms with Crippen molar-refractivity contribution in [1.82, 2.24) is 25.1 Å². The third-order valence-electron chi connectivity index (χ3n) is 5.75. The highest BCUT2D eigenvalue weighted by molar-refractivity contribution is 7.90. The molecule has 12 heteroatoms. The van der Waals surface area contributed by atoms with Crippen LogP contribution >= 0.6 is 0 Å². The fraction of sp³-hybridized carbons (Fsp3) is 0.455. The van der Waals surface area contributed by atoms with Crippen LogP contribution in [0.1, 0.15) is 37.0 Å². The molecule has 1 saturated carbocycles. The van der Waals surface area contributed by atoms with Crippen molar-refractivity contribution in [2.45, 2.75) is 50.0 Å². The molecule has 0 spiro atoms. The average molecular weight is 486 g/mol. The van der Waals surface area contributed by atoms with Gasteiger partial charge < -0.3 is 20.3 Å². The molecule has 1 aliphatic heterocycles. The van der Waals surface area contributed by atoms with Gasteiger partial charge in [0.15, 0.2) is 20.5 Å². The lowest BCUT2D eigenvalue weighted by Gasteiger charge is -2.35. The van der Waals surface area contributed by atoms with Crippen LogP contribution in [0.25, 0.3) is 11.0 Å². The van der Waals surface area contributed by atoms with E-state index in [9.17, 15) is 13.2 Å². The molecule has 180 valence electrons. The Morgan fingerprint density at radius 3 is 2.41 bits per heavy atom. The summed E-state index contributed by atoms with van der Waals surface area (Å²) in [6.07, 6.45) is 3.11. The first-order chi connectivity index (χ1) is 16.2. The number of nitrogens with one attached hydrogen (secondary N) is 3. The van der Waals surface area contributed by atoms with Crippen LogP contribution in [0.4, 0.5) is 17.5 Å². The van der Waals surface area contributed by atoms with E-state index in [-0.39, 0.29) is 35.1 Å². The van der Waals surface area contributed by atoms with Gasteiger partial charge in [-0.15, -0.1) is 0 Å². The number of rotatable bonds is 6. The molecule has 0 bridgehead atoms. The van der Waals surface area contributed by atoms with Crippen molar-refractivity contribution in [3.8, 4) is 0 Å². The maximum Gasteiger partial charge on any atom is 0.254 e. The molecule has 0 radical (unpaired) electrons. The SMILES string of the molecule is CC1CN(C(=O)c2ccc(Nc3nc(NC4CC4)c4c(S(C)(=O)=O)n[nH]c4n3)cc2)CC(C)O1. The van der Waals surface area contributed by atoms with E-state index in [2.05, 4.69) is 30.8 Å². The number of morpholine rings is 1. The molecule has 2 atom stereocenters. The van der Waals surface area contributed by atoms with Crippen LogP contribution in [-0.2, 0) is 14.6 Å². The summed E-state index contributed by atoms with van der Waals surface area (Å²) in [5.41, 5.74) is 1.61. The first-order valence-electron chi connectivity index (χ1n) is 11.2. The number of sulfone groups is 1. The van der Waals surface area contributed by atoms with Crippen molar-refractivity contribution >= 4 is 44.2 Å². The van der Waals surface area contributed by atoms with E-state index in [1.165, 1.54) is 0 Å². The molecule has 1 amide bonds. The number of H-pyrrole nitrogens is 1. The molecule has 2 aliphatic rings. The van der Waals surface area contributed by atoms with Crippen LogP contribution in [-0.4, -0.2) is 77.0 Å². The highest BCUT2D eigenvalue weighted by Crippen LogP contribution is 2.32. The molecule has 11 nitrogen and oxygen atoms in total. The first-order valence-corrected chi connectivity index (χ1v) is 13.1. The summed E-state index contributed by atoms with van der Waals surface area (Å²) in [6.45, 7) is 5.05. The molecular formula is C22H27N7O4S. The molecule has 1 aromatic carbocycles. The molecule has 1 aliphatic carbocycles. The maximum atomic E-state index is 12.9. The van der Waals surface area contributed by atoms with Crippen molar-refractivity contribution in [2.24, 2.45) is 0 Å². The lowest BCUT2D eigenvalue weighted by molar-refractivity contribution is -0.0586. The van der Waals surface area contributed by atoms with Crippen molar-refractivity contribution in [3.05, 3.63) is 29.8 Å². The van der Waals surface area contributed by atoms with Gasteiger partial charge in [-0.05, 0) is 51.0 Å². The second-order valence-electron chi connectivity index (χ2n) is 9.01. The summed E-state index contributed by atoms with van der Waals surface area (Å²) in [5.74, 6) is 0.675. The molecular weight excluding hydrogens is 458 g/mol. The summed E-state index contributed by atoms with van der Waals surface area (Å²) < 4.78 is 30.0. The molecule has 1 saturated heterocycles. The van der Waals surface area contributed by atoms with Crippen molar-refractivity contribution < 1.29 is 17.9 Å². The van der Waals surface area contributed by atoms with E-state index in [4.69, 9.17) is 4.74 Å². The van der Waals surface area contributed by atoms with Crippen LogP contribution in [0.5, 0.6) is 0 Å². The third-order valence-corrected chi connectivity index (χ3v) is 6.75. The number of fused-ring (bicyclic) bond motifs is 1. The minimum absolute atomic E-state index is 0.00448. The Kier molecular flexibility index (Phi) is 5.64. The van der Waals surface area contributed by atoms with E-state index in [1.54, 1.807) is 24.3 Å². The predicted molar refractivity (Wildman–Crippen MR) is 127 cm³/mol. The van der Waals surface area contributed by atoms with Gasteiger partial charge in [0.05, 0.1) is 12.2 Å². The van der Waals surface area contributed by atoms with Crippen LogP contribution in [0.15, 0.2) is 29.3 Å². The predicted octanol–water partition coefficient (Wildman–Crippen LogP) is 2.32. The number of carbonyl (C=O) groups excluding carboxylic acids is 1. The summed E-state index contributed by atoms with van der Waals surface area (Å²) in [5, 5.41) is 13.3. The lowest BCUT2D eigenvalue weighted by atomic mass is 10.1. The Morgan fingerprint density at radius 1 is 1.12 bits per heavy atom. The van der Waals surface area contributed by atoms with Crippen molar-refractivity contribution in [1.29, 1.82) is 0 Å². The zero-order chi connectivity index (χ0) is 24.0. The quantitative estimate of drug-likeness (QED) is 0.479. The summed E-state index contributed by atoms with van der Waals surface area (Å²) in [4.78, 5) is 23.6. The number of aromatic nitrogens is 4. The third kappa shape index (κ3) is 4.68. The van der Waals surface area contributed by atoms with Gasteiger partial charge in [-0.3, -0.25) is 9.89 Å². The molecule has 2 fully saturated rings. The van der Waals surface area contributed by atoms with Gasteiger partial charge in [0.1, 0.15) is 11.2 Å². The minimum atomic E-state index is -3.55. The van der Waals surface area contributed by atoms with E-state index in [0.29, 0.717) is 41.2 Å². The summed E-state index contributed by atoms with van der Waals surface area (Å²) in [7, 11) is -3.55. The second kappa shape index (κ2) is 8.51. The number of ether oxygens (including phenoxy) is 1. The Hall–Kier alpha value is -3.25. The number of anilines is 3. The van der Waals surface area contributed by atoms with E-state index >= 15 is 0 Å². The summed E-state index contributed by atoms with van der Waals surface area (Å²) >= 11 is 0. The van der Waals surface area contributed by atoms with Gasteiger partial charge in [0.2, 0.25) is 5.95 Å². The lowest BCUT2D eigenvalue weighted by Crippen LogP contribution is -2.48. The van der Waals surface area contributed by atoms with Gasteiger partial charge in [-0.1, -0.05) is 0 Å². The molecule has 3 N–H and O–H groups in total. The molecule has 5 rings (SSSR count). The topological polar surface area (TPSA) is 142 Å². The Bertz CT molecular complexity index is 1330. The van der Waals surface area contributed by atoms with Gasteiger partial charge in [-0.2, -0.15) is 15.1 Å². The number of carbonyl (C=O) groups is 1. The minimum Gasteiger partial charge on any atom is -0.372 e. The standard InChI is InChI=1S/C22H27N7O4S/c1-12-10-29(11-13(2)33-12)21(30)14-4-6-16(7-5-14)24-22-25-18(23-15-8-9-15)17-19(26-22)27-28-20(17)34(3,31)32/h4-7,12-13,15H,8-11H2,1-3H3,(H3,23,24,25,26,27,28). The van der Waals surface area contributed by atoms with Crippen LogP contribution < -0.4 is 10.6 Å². The number of hydrogen-bond acceptors (Lipinski definition) is 9. The van der Waals surface area contributed by atoms with Crippen molar-refractivity contribution in [3.63, 3.8) is 0 Å². The molecule has 2 unspecified atom stereocenters. The normalized spacial score (nSPS) is 21.0. The largest absolute Gasteiger partial charge is 0.372 e. The van der Waals surface area contributed by atoms with E-state index < -0.39 is 9.84 Å². The summed E-state index contributed by atoms with van der Waals surface area (Å²) in [6, 6.07) is 7.35. The van der Waals surface area contributed by atoms with Crippen LogP contribution in [0.2, 0.25) is 0 Å². The fourth-order valence-corrected chi connectivity index (χ4v) is 4.88. The number of aromatic amines is 1. The molecule has 2 aromatic heterocycles. The van der Waals surface area contributed by atoms with Gasteiger partial charge in [0, 0.05) is 36.6 Å². The maximum absolute atomic E-state index is 12.9. The first kappa shape index (κ1) is 22.5. The Balaban J connectivity index is 1.38. The highest BCUT2D eigenvalue weighted by atomic mass is 32.2. The van der Waals surface area contributed by atoms with Crippen LogP contribution in [0, 0.1) is 0 Å². The smallest absolute Gasteiger partial charge is 0.254 e. The monoisotopic (exact) mass is 485 g/mol. The van der Waals surface area contributed by atoms with Gasteiger partial charge in [-0.25, -0.2) is 8.42 Å². The van der Waals surface area contributed by atoms with E-state index in [0.717, 1.165) is 19.1 Å². The van der Waals surface area contributed by atoms with Gasteiger partial charge in [0.25, 0.3) is 5.91 Å². The zero-order valence-electron chi connectivity index (χ0n) is 19.2. The van der Waals surface area contributed by atoms with Crippen LogP contribution in [0.3, 0.4) is 0 Å². The van der Waals surface area contributed by atoms with E-state index in [1.807, 2.05) is 18.7 Å². The highest BCUT2D eigenvalue weighted by Gasteiger charge is 2.28. The fourth-order valence-electron chi connectivity index (χ4n) is 4.11. The molecule has 3 aromatic rings. The number of hydrogen-bond donors (Lipinski definition) is 3. The number of nitrogens with zero attached hydrogens (tertiary/aromatic N) is 4. The van der Waals surface area contributed by atoms with Gasteiger partial charge >= 0.3 is 0 Å². The zero-order valence-corrected chi connectivity index (χ0v) is 20.0. The molecule has 3 heterocycles. The van der Waals surface area contributed by atoms with Crippen molar-refractivity contribution in [2.75, 3.05) is 30.0 Å². The number of amides is 1.